The van der Waals surface area contributed by atoms with E-state index in [4.69, 9.17) is 0 Å². The average molecular weight is 671 g/mol. The van der Waals surface area contributed by atoms with Crippen LogP contribution in [0.2, 0.25) is 0 Å². The SMILES string of the molecule is Cc1cc(C(c2cc(C)c3cccccc2-3)=c2ccc(=C(c3cc(C)c4cccccc3-4)c3cc(C)c4cccccc3-4)s2)c2cccccc1-2. The molecule has 1 heterocycles. The summed E-state index contributed by atoms with van der Waals surface area (Å²) >= 11 is 1.92. The highest BCUT2D eigenvalue weighted by Crippen LogP contribution is 2.44. The van der Waals surface area contributed by atoms with Gasteiger partial charge in [-0.05, 0) is 129 Å². The lowest BCUT2D eigenvalue weighted by atomic mass is 9.94. The molecule has 8 aliphatic rings. The second-order valence-corrected chi connectivity index (χ2v) is 14.9. The lowest BCUT2D eigenvalue weighted by molar-refractivity contribution is 1.53. The molecule has 0 nitrogen and oxygen atoms in total. The Morgan fingerprint density at radius 3 is 0.784 bits per heavy atom. The summed E-state index contributed by atoms with van der Waals surface area (Å²) in [4.78, 5) is 0. The second-order valence-electron chi connectivity index (χ2n) is 13.8. The van der Waals surface area contributed by atoms with Gasteiger partial charge in [-0.1, -0.05) is 146 Å². The van der Waals surface area contributed by atoms with Crippen LogP contribution in [-0.2, 0) is 0 Å². The average Bonchev–Trinajstić information content (AvgIpc) is 3.67. The monoisotopic (exact) mass is 670 g/mol. The normalized spacial score (nSPS) is 11.5. The third-order valence-corrected chi connectivity index (χ3v) is 11.8. The molecule has 1 aromatic rings. The molecule has 0 fully saturated rings. The van der Waals surface area contributed by atoms with Crippen LogP contribution in [0.1, 0.15) is 44.5 Å². The standard InChI is InChI=1S/C50H38S/c1-31-27-43(39-21-13-5-9-17-35(31)39)49(44-28-32(2)36-18-10-6-14-22-40(36)44)47-25-26-48(51-47)50(45-29-33(3)37-19-11-7-15-23-41(37)45)46-30-34(4)38-20-12-8-16-24-42(38)46/h5-30H,1-4H3. The number of rotatable bonds is 4. The van der Waals surface area contributed by atoms with Gasteiger partial charge in [0.15, 0.2) is 0 Å². The van der Waals surface area contributed by atoms with Crippen molar-refractivity contribution in [2.45, 2.75) is 27.7 Å². The molecule has 0 spiro atoms. The van der Waals surface area contributed by atoms with Crippen LogP contribution in [0.15, 0.2) is 158 Å². The summed E-state index contributed by atoms with van der Waals surface area (Å²) < 4.78 is 2.55. The summed E-state index contributed by atoms with van der Waals surface area (Å²) in [7, 11) is 0. The minimum absolute atomic E-state index is 1.27. The molecule has 8 aliphatic carbocycles. The van der Waals surface area contributed by atoms with Gasteiger partial charge in [-0.25, -0.2) is 0 Å². The summed E-state index contributed by atoms with van der Waals surface area (Å²) in [5.74, 6) is 0. The Balaban J connectivity index is 1.43. The van der Waals surface area contributed by atoms with Crippen molar-refractivity contribution in [1.82, 2.24) is 0 Å². The molecule has 0 bridgehead atoms. The van der Waals surface area contributed by atoms with E-state index < -0.39 is 0 Å². The van der Waals surface area contributed by atoms with Crippen molar-refractivity contribution in [3.05, 3.63) is 211 Å². The van der Waals surface area contributed by atoms with Gasteiger partial charge in [-0.15, -0.1) is 11.3 Å². The zero-order valence-electron chi connectivity index (χ0n) is 29.4. The molecule has 1 heteroatoms. The highest BCUT2D eigenvalue weighted by Gasteiger charge is 2.25. The van der Waals surface area contributed by atoms with Crippen LogP contribution in [0.25, 0.3) is 55.7 Å². The predicted octanol–water partition coefficient (Wildman–Crippen LogP) is 11.9. The Kier molecular flexibility index (Phi) is 7.68. The Bertz CT molecular complexity index is 2390. The quantitative estimate of drug-likeness (QED) is 0.175. The maximum Gasteiger partial charge on any atom is 0.0361 e. The van der Waals surface area contributed by atoms with Crippen molar-refractivity contribution in [1.29, 1.82) is 0 Å². The van der Waals surface area contributed by atoms with Crippen molar-refractivity contribution in [2.75, 3.05) is 0 Å². The van der Waals surface area contributed by atoms with E-state index in [-0.39, 0.29) is 0 Å². The van der Waals surface area contributed by atoms with E-state index in [1.807, 2.05) is 11.3 Å². The number of aryl methyl sites for hydroxylation is 4. The zero-order valence-corrected chi connectivity index (χ0v) is 30.2. The minimum Gasteiger partial charge on any atom is -0.135 e. The van der Waals surface area contributed by atoms with Crippen LogP contribution in [0, 0.1) is 27.7 Å². The molecular formula is C50H38S. The zero-order chi connectivity index (χ0) is 34.6. The smallest absolute Gasteiger partial charge is 0.0361 e. The van der Waals surface area contributed by atoms with Gasteiger partial charge in [0.1, 0.15) is 0 Å². The maximum atomic E-state index is 2.41. The molecule has 0 radical (unpaired) electrons. The fourth-order valence-corrected chi connectivity index (χ4v) is 9.40. The first-order valence-electron chi connectivity index (χ1n) is 17.8. The van der Waals surface area contributed by atoms with Crippen LogP contribution >= 0.6 is 11.3 Å². The van der Waals surface area contributed by atoms with Gasteiger partial charge < -0.3 is 0 Å². The van der Waals surface area contributed by atoms with E-state index in [1.54, 1.807) is 0 Å². The molecule has 1 aromatic heterocycles. The summed E-state index contributed by atoms with van der Waals surface area (Å²) in [5.41, 5.74) is 23.3. The second kappa shape index (κ2) is 12.5. The molecule has 244 valence electrons. The fourth-order valence-electron chi connectivity index (χ4n) is 8.25. The van der Waals surface area contributed by atoms with Crippen LogP contribution in [0.4, 0.5) is 0 Å². The minimum atomic E-state index is 1.27. The number of fused-ring (bicyclic) bond motifs is 4. The van der Waals surface area contributed by atoms with Gasteiger partial charge >= 0.3 is 0 Å². The largest absolute Gasteiger partial charge is 0.135 e. The first kappa shape index (κ1) is 31.2. The van der Waals surface area contributed by atoms with Gasteiger partial charge in [-0.2, -0.15) is 0 Å². The number of hydrogen-bond donors (Lipinski definition) is 0. The van der Waals surface area contributed by atoms with Crippen LogP contribution in [-0.4, -0.2) is 0 Å². The molecule has 0 aromatic carbocycles. The van der Waals surface area contributed by atoms with Crippen molar-refractivity contribution >= 4 is 22.5 Å². The molecule has 0 atom stereocenters. The summed E-state index contributed by atoms with van der Waals surface area (Å²) in [5, 5.41) is 0. The van der Waals surface area contributed by atoms with Gasteiger partial charge in [-0.3, -0.25) is 0 Å². The van der Waals surface area contributed by atoms with E-state index in [9.17, 15) is 0 Å². The topological polar surface area (TPSA) is 0 Å². The van der Waals surface area contributed by atoms with E-state index >= 15 is 0 Å². The Morgan fingerprint density at radius 2 is 0.529 bits per heavy atom. The van der Waals surface area contributed by atoms with E-state index in [1.165, 1.54) is 109 Å². The van der Waals surface area contributed by atoms with E-state index in [0.29, 0.717) is 0 Å². The fraction of sp³-hybridized carbons (Fsp3) is 0.0800. The first-order chi connectivity index (χ1) is 25.0. The van der Waals surface area contributed by atoms with Crippen LogP contribution in [0.5, 0.6) is 0 Å². The summed E-state index contributed by atoms with van der Waals surface area (Å²) in [6.45, 7) is 8.98. The summed E-state index contributed by atoms with van der Waals surface area (Å²) in [6.07, 6.45) is 0. The molecule has 0 saturated carbocycles. The van der Waals surface area contributed by atoms with Gasteiger partial charge in [0.05, 0.1) is 0 Å². The molecule has 0 unspecified atom stereocenters. The Morgan fingerprint density at radius 1 is 0.294 bits per heavy atom. The molecular weight excluding hydrogens is 633 g/mol. The molecule has 0 saturated heterocycles. The number of thiophene rings is 1. The number of hydrogen-bond acceptors (Lipinski definition) is 1. The molecule has 9 rings (SSSR count). The van der Waals surface area contributed by atoms with E-state index in [2.05, 4.69) is 185 Å². The van der Waals surface area contributed by atoms with Crippen LogP contribution in [0.3, 0.4) is 0 Å². The Labute approximate surface area is 304 Å². The van der Waals surface area contributed by atoms with Crippen molar-refractivity contribution in [2.24, 2.45) is 0 Å². The first-order valence-corrected chi connectivity index (χ1v) is 18.6. The van der Waals surface area contributed by atoms with Crippen molar-refractivity contribution in [3.63, 3.8) is 0 Å². The Hall–Kier alpha value is -5.76. The molecule has 0 N–H and O–H groups in total. The van der Waals surface area contributed by atoms with E-state index in [0.717, 1.165) is 0 Å². The molecule has 0 amide bonds. The highest BCUT2D eigenvalue weighted by atomic mass is 32.1. The molecule has 0 aliphatic heterocycles. The van der Waals surface area contributed by atoms with Crippen LogP contribution < -0.4 is 9.06 Å². The summed E-state index contributed by atoms with van der Waals surface area (Å²) in [6, 6.07) is 58.4. The lowest BCUT2D eigenvalue weighted by Crippen LogP contribution is -2.06. The molecule has 51 heavy (non-hydrogen) atoms. The third-order valence-electron chi connectivity index (χ3n) is 10.6. The van der Waals surface area contributed by atoms with Gasteiger partial charge in [0.25, 0.3) is 0 Å². The van der Waals surface area contributed by atoms with Gasteiger partial charge in [0, 0.05) is 20.2 Å². The van der Waals surface area contributed by atoms with Crippen molar-refractivity contribution < 1.29 is 0 Å². The van der Waals surface area contributed by atoms with Gasteiger partial charge in [0.2, 0.25) is 0 Å². The van der Waals surface area contributed by atoms with Crippen molar-refractivity contribution in [3.8, 4) is 44.5 Å². The highest BCUT2D eigenvalue weighted by molar-refractivity contribution is 7.08. The maximum absolute atomic E-state index is 2.41. The third kappa shape index (κ3) is 5.20. The lowest BCUT2D eigenvalue weighted by Gasteiger charge is -2.10. The predicted molar refractivity (Wildman–Crippen MR) is 218 cm³/mol.